The van der Waals surface area contributed by atoms with E-state index in [1.807, 2.05) is 34.9 Å². The second-order valence-electron chi connectivity index (χ2n) is 4.29. The molecule has 3 rings (SSSR count). The number of pyridine rings is 1. The predicted molar refractivity (Wildman–Crippen MR) is 77.5 cm³/mol. The third kappa shape index (κ3) is 1.78. The highest BCUT2D eigenvalue weighted by Gasteiger charge is 2.10. The lowest BCUT2D eigenvalue weighted by Crippen LogP contribution is -1.93. The molecule has 0 bridgehead atoms. The summed E-state index contributed by atoms with van der Waals surface area (Å²) in [4.78, 5) is 4.57. The number of nitrogens with two attached hydrogens (primary N) is 1. The number of anilines is 1. The van der Waals surface area contributed by atoms with Gasteiger partial charge in [0, 0.05) is 16.2 Å². The fourth-order valence-electron chi connectivity index (χ4n) is 1.96. The van der Waals surface area contributed by atoms with Crippen molar-refractivity contribution >= 4 is 27.4 Å². The van der Waals surface area contributed by atoms with Crippen molar-refractivity contribution in [2.75, 3.05) is 5.73 Å². The van der Waals surface area contributed by atoms with E-state index in [0.29, 0.717) is 5.82 Å². The van der Waals surface area contributed by atoms with Gasteiger partial charge < -0.3 is 5.73 Å². The van der Waals surface area contributed by atoms with Crippen LogP contribution in [0.25, 0.3) is 16.9 Å². The van der Waals surface area contributed by atoms with Crippen molar-refractivity contribution in [3.05, 3.63) is 52.6 Å². The van der Waals surface area contributed by atoms with Crippen LogP contribution in [0.5, 0.6) is 0 Å². The molecule has 0 unspecified atom stereocenters. The highest BCUT2D eigenvalue weighted by atomic mass is 79.9. The molecule has 3 nitrogen and oxygen atoms in total. The highest BCUT2D eigenvalue weighted by Crippen LogP contribution is 2.27. The fraction of sp³-hybridized carbons (Fsp3) is 0.0714. The lowest BCUT2D eigenvalue weighted by Gasteiger charge is -2.00. The molecule has 1 aromatic carbocycles. The Balaban J connectivity index is 2.23. The molecule has 0 aliphatic carbocycles. The van der Waals surface area contributed by atoms with Crippen molar-refractivity contribution in [2.45, 2.75) is 6.92 Å². The second kappa shape index (κ2) is 4.14. The Labute approximate surface area is 113 Å². The zero-order valence-corrected chi connectivity index (χ0v) is 11.5. The van der Waals surface area contributed by atoms with Crippen LogP contribution in [0.4, 0.5) is 5.82 Å². The normalized spacial score (nSPS) is 11.0. The Morgan fingerprint density at radius 1 is 1.11 bits per heavy atom. The molecular weight excluding hydrogens is 290 g/mol. The van der Waals surface area contributed by atoms with Crippen LogP contribution < -0.4 is 5.73 Å². The van der Waals surface area contributed by atoms with E-state index in [4.69, 9.17) is 5.73 Å². The Hall–Kier alpha value is -1.81. The number of rotatable bonds is 1. The molecule has 3 aromatic rings. The Morgan fingerprint density at radius 2 is 1.83 bits per heavy atom. The van der Waals surface area contributed by atoms with E-state index in [0.717, 1.165) is 21.4 Å². The summed E-state index contributed by atoms with van der Waals surface area (Å²) in [5.74, 6) is 0.662. The maximum absolute atomic E-state index is 6.16. The first-order valence-corrected chi connectivity index (χ1v) is 6.44. The molecule has 2 aromatic heterocycles. The molecule has 0 aliphatic rings. The number of nitrogen functional groups attached to an aromatic ring is 1. The largest absolute Gasteiger partial charge is 0.383 e. The van der Waals surface area contributed by atoms with Gasteiger partial charge in [-0.15, -0.1) is 0 Å². The SMILES string of the molecule is Cc1ccc(-c2nc3ccc(Br)cn3c2N)cc1. The number of imidazole rings is 1. The number of hydrogen-bond donors (Lipinski definition) is 1. The molecule has 0 radical (unpaired) electrons. The van der Waals surface area contributed by atoms with Gasteiger partial charge >= 0.3 is 0 Å². The predicted octanol–water partition coefficient (Wildman–Crippen LogP) is 3.65. The van der Waals surface area contributed by atoms with Crippen LogP contribution in [0.1, 0.15) is 5.56 Å². The van der Waals surface area contributed by atoms with Crippen LogP contribution in [0.2, 0.25) is 0 Å². The minimum absolute atomic E-state index is 0.662. The third-order valence-corrected chi connectivity index (χ3v) is 3.41. The maximum Gasteiger partial charge on any atom is 0.139 e. The molecule has 2 heterocycles. The van der Waals surface area contributed by atoms with E-state index in [9.17, 15) is 0 Å². The second-order valence-corrected chi connectivity index (χ2v) is 5.20. The number of aromatic nitrogens is 2. The summed E-state index contributed by atoms with van der Waals surface area (Å²) in [6, 6.07) is 12.1. The van der Waals surface area contributed by atoms with Crippen LogP contribution in [0, 0.1) is 6.92 Å². The molecule has 90 valence electrons. The smallest absolute Gasteiger partial charge is 0.139 e. The minimum Gasteiger partial charge on any atom is -0.383 e. The summed E-state index contributed by atoms with van der Waals surface area (Å²) >= 11 is 3.44. The zero-order chi connectivity index (χ0) is 12.7. The molecule has 4 heteroatoms. The topological polar surface area (TPSA) is 43.3 Å². The van der Waals surface area contributed by atoms with Gasteiger partial charge in [-0.25, -0.2) is 4.98 Å². The first-order valence-electron chi connectivity index (χ1n) is 5.65. The lowest BCUT2D eigenvalue weighted by molar-refractivity contribution is 1.18. The van der Waals surface area contributed by atoms with Gasteiger partial charge in [0.25, 0.3) is 0 Å². The number of nitrogens with zero attached hydrogens (tertiary/aromatic N) is 2. The Bertz CT molecular complexity index is 714. The molecule has 0 saturated carbocycles. The van der Waals surface area contributed by atoms with Gasteiger partial charge in [0.2, 0.25) is 0 Å². The van der Waals surface area contributed by atoms with E-state index in [1.165, 1.54) is 5.56 Å². The summed E-state index contributed by atoms with van der Waals surface area (Å²) in [5.41, 5.74) is 10.1. The van der Waals surface area contributed by atoms with Gasteiger partial charge in [-0.2, -0.15) is 0 Å². The van der Waals surface area contributed by atoms with Gasteiger partial charge in [-0.1, -0.05) is 29.8 Å². The quantitative estimate of drug-likeness (QED) is 0.745. The van der Waals surface area contributed by atoms with Crippen LogP contribution >= 0.6 is 15.9 Å². The van der Waals surface area contributed by atoms with Crippen LogP contribution in [-0.4, -0.2) is 9.38 Å². The van der Waals surface area contributed by atoms with Crippen molar-refractivity contribution < 1.29 is 0 Å². The van der Waals surface area contributed by atoms with Gasteiger partial charge in [-0.3, -0.25) is 4.40 Å². The van der Waals surface area contributed by atoms with Crippen LogP contribution in [0.15, 0.2) is 47.1 Å². The van der Waals surface area contributed by atoms with Crippen molar-refractivity contribution in [1.82, 2.24) is 9.38 Å². The van der Waals surface area contributed by atoms with Crippen LogP contribution in [0.3, 0.4) is 0 Å². The molecule has 0 spiro atoms. The standard InChI is InChI=1S/C14H12BrN3/c1-9-2-4-10(5-3-9)13-14(16)18-8-11(15)6-7-12(18)17-13/h2-8H,16H2,1H3. The summed E-state index contributed by atoms with van der Waals surface area (Å²) in [7, 11) is 0. The monoisotopic (exact) mass is 301 g/mol. The van der Waals surface area contributed by atoms with Gasteiger partial charge in [-0.05, 0) is 35.0 Å². The maximum atomic E-state index is 6.16. The highest BCUT2D eigenvalue weighted by molar-refractivity contribution is 9.10. The lowest BCUT2D eigenvalue weighted by atomic mass is 10.1. The number of fused-ring (bicyclic) bond motifs is 1. The van der Waals surface area contributed by atoms with E-state index in [1.54, 1.807) is 0 Å². The van der Waals surface area contributed by atoms with E-state index in [2.05, 4.69) is 40.0 Å². The molecule has 0 amide bonds. The van der Waals surface area contributed by atoms with Crippen LogP contribution in [-0.2, 0) is 0 Å². The minimum atomic E-state index is 0.662. The number of benzene rings is 1. The molecular formula is C14H12BrN3. The fourth-order valence-corrected chi connectivity index (χ4v) is 2.30. The molecule has 2 N–H and O–H groups in total. The summed E-state index contributed by atoms with van der Waals surface area (Å²) in [6.45, 7) is 2.06. The molecule has 0 saturated heterocycles. The Morgan fingerprint density at radius 3 is 2.56 bits per heavy atom. The van der Waals surface area contributed by atoms with Gasteiger partial charge in [0.05, 0.1) is 0 Å². The van der Waals surface area contributed by atoms with Crippen molar-refractivity contribution in [2.24, 2.45) is 0 Å². The number of halogens is 1. The van der Waals surface area contributed by atoms with E-state index in [-0.39, 0.29) is 0 Å². The first kappa shape index (κ1) is 11.3. The van der Waals surface area contributed by atoms with Crippen molar-refractivity contribution in [3.63, 3.8) is 0 Å². The number of aryl methyl sites for hydroxylation is 1. The molecule has 0 aliphatic heterocycles. The van der Waals surface area contributed by atoms with Gasteiger partial charge in [0.15, 0.2) is 0 Å². The summed E-state index contributed by atoms with van der Waals surface area (Å²) in [6.07, 6.45) is 1.93. The molecule has 18 heavy (non-hydrogen) atoms. The van der Waals surface area contributed by atoms with Gasteiger partial charge in [0.1, 0.15) is 17.2 Å². The average Bonchev–Trinajstić information content (AvgIpc) is 2.68. The van der Waals surface area contributed by atoms with E-state index >= 15 is 0 Å². The first-order chi connectivity index (χ1) is 8.65. The van der Waals surface area contributed by atoms with Crippen molar-refractivity contribution in [3.8, 4) is 11.3 Å². The number of hydrogen-bond acceptors (Lipinski definition) is 2. The molecule has 0 fully saturated rings. The third-order valence-electron chi connectivity index (χ3n) is 2.94. The van der Waals surface area contributed by atoms with E-state index < -0.39 is 0 Å². The average molecular weight is 302 g/mol. The molecule has 0 atom stereocenters. The van der Waals surface area contributed by atoms with Crippen molar-refractivity contribution in [1.29, 1.82) is 0 Å². The summed E-state index contributed by atoms with van der Waals surface area (Å²) in [5, 5.41) is 0. The zero-order valence-electron chi connectivity index (χ0n) is 9.89. The summed E-state index contributed by atoms with van der Waals surface area (Å²) < 4.78 is 2.87. The Kier molecular flexibility index (Phi) is 2.59.